The van der Waals surface area contributed by atoms with Crippen LogP contribution < -0.4 is 5.32 Å². The summed E-state index contributed by atoms with van der Waals surface area (Å²) in [6.45, 7) is 0. The summed E-state index contributed by atoms with van der Waals surface area (Å²) in [5, 5.41) is 13.8. The molecule has 1 aromatic heterocycles. The smallest absolute Gasteiger partial charge is 0.339 e. The molecule has 0 unspecified atom stereocenters. The lowest BCUT2D eigenvalue weighted by molar-refractivity contribution is -0.384. The lowest BCUT2D eigenvalue weighted by Crippen LogP contribution is -2.14. The predicted octanol–water partition coefficient (Wildman–Crippen LogP) is 3.38. The zero-order valence-electron chi connectivity index (χ0n) is 13.0. The summed E-state index contributed by atoms with van der Waals surface area (Å²) in [5.41, 5.74) is 0.712. The number of rotatable bonds is 4. The van der Waals surface area contributed by atoms with Gasteiger partial charge in [-0.15, -0.1) is 0 Å². The van der Waals surface area contributed by atoms with Crippen molar-refractivity contribution in [1.82, 2.24) is 0 Å². The number of nitro benzene ring substituents is 1. The van der Waals surface area contributed by atoms with Crippen LogP contribution in [0.2, 0.25) is 0 Å². The topological polar surface area (TPSA) is 112 Å². The van der Waals surface area contributed by atoms with Gasteiger partial charge in [0, 0.05) is 17.5 Å². The molecule has 8 heteroatoms. The molecule has 0 atom stereocenters. The molecule has 126 valence electrons. The molecule has 3 rings (SSSR count). The van der Waals surface area contributed by atoms with Gasteiger partial charge in [0.2, 0.25) is 0 Å². The Labute approximate surface area is 141 Å². The minimum Gasteiger partial charge on any atom is -0.465 e. The molecule has 0 radical (unpaired) electrons. The number of fused-ring (bicyclic) bond motifs is 1. The quantitative estimate of drug-likeness (QED) is 0.443. The minimum absolute atomic E-state index is 0.0323. The van der Waals surface area contributed by atoms with Crippen molar-refractivity contribution in [1.29, 1.82) is 0 Å². The second kappa shape index (κ2) is 6.44. The van der Waals surface area contributed by atoms with Crippen LogP contribution in [0.5, 0.6) is 0 Å². The van der Waals surface area contributed by atoms with Gasteiger partial charge in [0.15, 0.2) is 5.76 Å². The first-order valence-corrected chi connectivity index (χ1v) is 7.16. The SMILES string of the molecule is COC(=O)c1ccccc1NC(=O)c1cc2cc([N+](=O)[O-])ccc2o1. The van der Waals surface area contributed by atoms with Crippen molar-refractivity contribution in [2.24, 2.45) is 0 Å². The second-order valence-electron chi connectivity index (χ2n) is 5.08. The standard InChI is InChI=1S/C17H12N2O6/c1-24-17(21)12-4-2-3-5-13(12)18-16(20)15-9-10-8-11(19(22)23)6-7-14(10)25-15/h2-9H,1H3,(H,18,20). The predicted molar refractivity (Wildman–Crippen MR) is 88.6 cm³/mol. The van der Waals surface area contributed by atoms with E-state index in [0.29, 0.717) is 11.0 Å². The Morgan fingerprint density at radius 1 is 1.16 bits per heavy atom. The molecule has 0 spiro atoms. The number of ether oxygens (including phenoxy) is 1. The molecule has 0 saturated heterocycles. The zero-order chi connectivity index (χ0) is 18.0. The first-order chi connectivity index (χ1) is 12.0. The highest BCUT2D eigenvalue weighted by atomic mass is 16.6. The van der Waals surface area contributed by atoms with E-state index in [-0.39, 0.29) is 22.7 Å². The summed E-state index contributed by atoms with van der Waals surface area (Å²) < 4.78 is 10.1. The van der Waals surface area contributed by atoms with Crippen LogP contribution >= 0.6 is 0 Å². The van der Waals surface area contributed by atoms with Gasteiger partial charge >= 0.3 is 5.97 Å². The first-order valence-electron chi connectivity index (χ1n) is 7.16. The number of para-hydroxylation sites is 1. The summed E-state index contributed by atoms with van der Waals surface area (Å²) in [4.78, 5) is 34.4. The van der Waals surface area contributed by atoms with Crippen molar-refractivity contribution in [3.05, 3.63) is 70.0 Å². The summed E-state index contributed by atoms with van der Waals surface area (Å²) in [7, 11) is 1.24. The van der Waals surface area contributed by atoms with Crippen LogP contribution in [0.3, 0.4) is 0 Å². The molecule has 0 bridgehead atoms. The molecule has 2 aromatic carbocycles. The van der Waals surface area contributed by atoms with E-state index in [4.69, 9.17) is 4.42 Å². The highest BCUT2D eigenvalue weighted by Gasteiger charge is 2.18. The summed E-state index contributed by atoms with van der Waals surface area (Å²) in [6.07, 6.45) is 0. The Morgan fingerprint density at radius 2 is 1.92 bits per heavy atom. The molecule has 0 aliphatic heterocycles. The van der Waals surface area contributed by atoms with Gasteiger partial charge in [0.05, 0.1) is 23.3 Å². The molecular formula is C17H12N2O6. The number of carbonyl (C=O) groups is 2. The van der Waals surface area contributed by atoms with Crippen molar-refractivity contribution in [2.45, 2.75) is 0 Å². The summed E-state index contributed by atoms with van der Waals surface area (Å²) in [6, 6.07) is 11.8. The number of anilines is 1. The monoisotopic (exact) mass is 340 g/mol. The van der Waals surface area contributed by atoms with Gasteiger partial charge in [-0.3, -0.25) is 14.9 Å². The van der Waals surface area contributed by atoms with Crippen molar-refractivity contribution < 1.29 is 23.7 Å². The number of amides is 1. The fourth-order valence-corrected chi connectivity index (χ4v) is 2.32. The number of hydrogen-bond donors (Lipinski definition) is 1. The number of nitro groups is 1. The van der Waals surface area contributed by atoms with Crippen molar-refractivity contribution >= 4 is 34.2 Å². The van der Waals surface area contributed by atoms with Crippen LogP contribution in [0.4, 0.5) is 11.4 Å². The highest BCUT2D eigenvalue weighted by molar-refractivity contribution is 6.08. The van der Waals surface area contributed by atoms with Crippen LogP contribution in [0.25, 0.3) is 11.0 Å². The second-order valence-corrected chi connectivity index (χ2v) is 5.08. The van der Waals surface area contributed by atoms with Gasteiger partial charge in [0.1, 0.15) is 5.58 Å². The Balaban J connectivity index is 1.91. The van der Waals surface area contributed by atoms with E-state index in [1.54, 1.807) is 18.2 Å². The number of nitrogens with one attached hydrogen (secondary N) is 1. The molecule has 0 saturated carbocycles. The number of furan rings is 1. The third-order valence-electron chi connectivity index (χ3n) is 3.52. The van der Waals surface area contributed by atoms with Crippen LogP contribution in [-0.4, -0.2) is 23.9 Å². The molecule has 1 amide bonds. The minimum atomic E-state index is -0.588. The number of non-ortho nitro benzene ring substituents is 1. The lowest BCUT2D eigenvalue weighted by atomic mass is 10.1. The Bertz CT molecular complexity index is 992. The van der Waals surface area contributed by atoms with E-state index in [1.165, 1.54) is 37.4 Å². The number of benzene rings is 2. The van der Waals surface area contributed by atoms with Crippen LogP contribution in [-0.2, 0) is 4.74 Å². The maximum Gasteiger partial charge on any atom is 0.339 e. The summed E-state index contributed by atoms with van der Waals surface area (Å²) in [5.74, 6) is -1.21. The molecule has 3 aromatic rings. The third kappa shape index (κ3) is 3.18. The van der Waals surface area contributed by atoms with Crippen LogP contribution in [0, 0.1) is 10.1 Å². The Morgan fingerprint density at radius 3 is 2.64 bits per heavy atom. The molecule has 0 fully saturated rings. The third-order valence-corrected chi connectivity index (χ3v) is 3.52. The van der Waals surface area contributed by atoms with Gasteiger partial charge < -0.3 is 14.5 Å². The normalized spacial score (nSPS) is 10.4. The van der Waals surface area contributed by atoms with E-state index < -0.39 is 16.8 Å². The number of nitrogens with zero attached hydrogens (tertiary/aromatic N) is 1. The fourth-order valence-electron chi connectivity index (χ4n) is 2.32. The van der Waals surface area contributed by atoms with Gasteiger partial charge in [-0.05, 0) is 24.3 Å². The maximum atomic E-state index is 12.4. The molecule has 1 N–H and O–H groups in total. The highest BCUT2D eigenvalue weighted by Crippen LogP contribution is 2.25. The largest absolute Gasteiger partial charge is 0.465 e. The molecule has 1 heterocycles. The number of hydrogen-bond acceptors (Lipinski definition) is 6. The van der Waals surface area contributed by atoms with E-state index in [0.717, 1.165) is 0 Å². The number of esters is 1. The zero-order valence-corrected chi connectivity index (χ0v) is 13.0. The van der Waals surface area contributed by atoms with Gasteiger partial charge in [0.25, 0.3) is 11.6 Å². The molecule has 0 aliphatic carbocycles. The molecule has 25 heavy (non-hydrogen) atoms. The van der Waals surface area contributed by atoms with Crippen molar-refractivity contribution in [2.75, 3.05) is 12.4 Å². The van der Waals surface area contributed by atoms with Crippen molar-refractivity contribution in [3.8, 4) is 0 Å². The molecule has 8 nitrogen and oxygen atoms in total. The Hall–Kier alpha value is -3.68. The van der Waals surface area contributed by atoms with E-state index in [9.17, 15) is 19.7 Å². The van der Waals surface area contributed by atoms with Crippen LogP contribution in [0.1, 0.15) is 20.9 Å². The lowest BCUT2D eigenvalue weighted by Gasteiger charge is -2.08. The van der Waals surface area contributed by atoms with Crippen LogP contribution in [0.15, 0.2) is 52.9 Å². The number of methoxy groups -OCH3 is 1. The first kappa shape index (κ1) is 16.2. The van der Waals surface area contributed by atoms with E-state index in [2.05, 4.69) is 10.1 Å². The van der Waals surface area contributed by atoms with E-state index >= 15 is 0 Å². The maximum absolute atomic E-state index is 12.4. The Kier molecular flexibility index (Phi) is 4.17. The molecular weight excluding hydrogens is 328 g/mol. The van der Waals surface area contributed by atoms with Gasteiger partial charge in [-0.1, -0.05) is 12.1 Å². The molecule has 0 aliphatic rings. The fraction of sp³-hybridized carbons (Fsp3) is 0.0588. The number of carbonyl (C=O) groups excluding carboxylic acids is 2. The van der Waals surface area contributed by atoms with E-state index in [1.807, 2.05) is 0 Å². The average molecular weight is 340 g/mol. The van der Waals surface area contributed by atoms with Gasteiger partial charge in [-0.2, -0.15) is 0 Å². The summed E-state index contributed by atoms with van der Waals surface area (Å²) >= 11 is 0. The van der Waals surface area contributed by atoms with Gasteiger partial charge in [-0.25, -0.2) is 4.79 Å². The van der Waals surface area contributed by atoms with Crippen molar-refractivity contribution in [3.63, 3.8) is 0 Å². The average Bonchev–Trinajstić information content (AvgIpc) is 3.04.